The van der Waals surface area contributed by atoms with Crippen LogP contribution >= 0.6 is 0 Å². The van der Waals surface area contributed by atoms with Crippen LogP contribution in [0.2, 0.25) is 0 Å². The average Bonchev–Trinajstić information content (AvgIpc) is 3.47. The average molecular weight is 608 g/mol. The first-order valence-electron chi connectivity index (χ1n) is 16.1. The standard InChI is InChI=1S/C35H41N7O3/c1-3-39-13-15-40(16-14-39)26-11-12-33(36-21-26)37-29-19-25(22-38(2)34(29)44)27-8-6-10-31(28(27)23-43)42-18-17-41-30-9-5-4-7-24(30)20-32(41)35(42)45/h6,8,10-12,19-22,43H,3-5,7,9,13-18,23H2,1-2H3,(H,36,37). The van der Waals surface area contributed by atoms with Crippen LogP contribution in [0.3, 0.4) is 0 Å². The van der Waals surface area contributed by atoms with E-state index in [0.29, 0.717) is 29.3 Å². The van der Waals surface area contributed by atoms with Gasteiger partial charge < -0.3 is 34.3 Å². The summed E-state index contributed by atoms with van der Waals surface area (Å²) >= 11 is 0. The van der Waals surface area contributed by atoms with Crippen molar-refractivity contribution < 1.29 is 9.90 Å². The molecule has 5 heterocycles. The largest absolute Gasteiger partial charge is 0.392 e. The molecule has 0 radical (unpaired) electrons. The number of benzene rings is 1. The summed E-state index contributed by atoms with van der Waals surface area (Å²) in [6.45, 7) is 8.31. The number of fused-ring (bicyclic) bond motifs is 3. The minimum absolute atomic E-state index is 0.0351. The molecule has 1 amide bonds. The number of amides is 1. The number of aliphatic hydroxyl groups excluding tert-OH is 1. The SMILES string of the molecule is CCN1CCN(c2ccc(Nc3cc(-c4cccc(N5CCn6c(cc7c6CCCC7)C5=O)c4CO)cn(C)c3=O)nc2)CC1. The number of anilines is 4. The number of piperazine rings is 1. The Hall–Kier alpha value is -4.41. The molecule has 1 aromatic carbocycles. The van der Waals surface area contributed by atoms with E-state index in [2.05, 4.69) is 37.7 Å². The molecule has 7 rings (SSSR count). The highest BCUT2D eigenvalue weighted by Gasteiger charge is 2.31. The zero-order valence-electron chi connectivity index (χ0n) is 26.1. The molecule has 0 saturated carbocycles. The summed E-state index contributed by atoms with van der Waals surface area (Å²) in [4.78, 5) is 38.2. The lowest BCUT2D eigenvalue weighted by molar-refractivity contribution is 0.0964. The van der Waals surface area contributed by atoms with Crippen LogP contribution in [0.25, 0.3) is 11.1 Å². The quantitative estimate of drug-likeness (QED) is 0.326. The van der Waals surface area contributed by atoms with Gasteiger partial charge in [-0.2, -0.15) is 0 Å². The van der Waals surface area contributed by atoms with Gasteiger partial charge in [0.2, 0.25) is 0 Å². The first-order valence-corrected chi connectivity index (χ1v) is 16.1. The maximum atomic E-state index is 13.8. The van der Waals surface area contributed by atoms with E-state index >= 15 is 0 Å². The third-order valence-electron chi connectivity index (χ3n) is 9.71. The number of hydrogen-bond acceptors (Lipinski definition) is 7. The Bertz CT molecular complexity index is 1780. The van der Waals surface area contributed by atoms with Crippen LogP contribution in [0, 0.1) is 0 Å². The highest BCUT2D eigenvalue weighted by Crippen LogP contribution is 2.36. The van der Waals surface area contributed by atoms with Crippen LogP contribution in [0.1, 0.15) is 47.1 Å². The van der Waals surface area contributed by atoms with E-state index in [1.54, 1.807) is 24.2 Å². The van der Waals surface area contributed by atoms with Gasteiger partial charge in [0, 0.05) is 69.3 Å². The molecule has 1 fully saturated rings. The van der Waals surface area contributed by atoms with Gasteiger partial charge in [-0.15, -0.1) is 0 Å². The van der Waals surface area contributed by atoms with Crippen molar-refractivity contribution in [3.05, 3.63) is 87.7 Å². The molecule has 0 spiro atoms. The number of pyridine rings is 2. The number of hydrogen-bond donors (Lipinski definition) is 2. The van der Waals surface area contributed by atoms with Gasteiger partial charge in [0.1, 0.15) is 17.2 Å². The molecule has 45 heavy (non-hydrogen) atoms. The Labute approximate surface area is 263 Å². The van der Waals surface area contributed by atoms with Crippen molar-refractivity contribution in [2.24, 2.45) is 7.05 Å². The lowest BCUT2D eigenvalue weighted by atomic mass is 9.98. The van der Waals surface area contributed by atoms with Crippen molar-refractivity contribution in [3.63, 3.8) is 0 Å². The number of carbonyl (C=O) groups is 1. The summed E-state index contributed by atoms with van der Waals surface area (Å²) in [5, 5.41) is 13.9. The summed E-state index contributed by atoms with van der Waals surface area (Å²) in [6, 6.07) is 13.6. The topological polar surface area (TPSA) is 98.9 Å². The van der Waals surface area contributed by atoms with Crippen molar-refractivity contribution in [2.75, 3.05) is 54.4 Å². The van der Waals surface area contributed by atoms with E-state index in [1.807, 2.05) is 36.5 Å². The zero-order chi connectivity index (χ0) is 31.1. The Morgan fingerprint density at radius 2 is 1.78 bits per heavy atom. The fourth-order valence-electron chi connectivity index (χ4n) is 7.19. The van der Waals surface area contributed by atoms with Crippen LogP contribution in [0.15, 0.2) is 59.7 Å². The van der Waals surface area contributed by atoms with Gasteiger partial charge in [-0.05, 0) is 73.7 Å². The normalized spacial score (nSPS) is 16.9. The third-order valence-corrected chi connectivity index (χ3v) is 9.71. The Balaban J connectivity index is 1.16. The minimum atomic E-state index is -0.242. The van der Waals surface area contributed by atoms with Gasteiger partial charge in [-0.3, -0.25) is 9.59 Å². The molecule has 2 aliphatic heterocycles. The Morgan fingerprint density at radius 1 is 0.956 bits per heavy atom. The first-order chi connectivity index (χ1) is 21.9. The second-order valence-electron chi connectivity index (χ2n) is 12.3. The molecule has 2 N–H and O–H groups in total. The molecule has 3 aromatic heterocycles. The summed E-state index contributed by atoms with van der Waals surface area (Å²) in [5.74, 6) is 0.549. The van der Waals surface area contributed by atoms with Crippen LogP contribution in [0.5, 0.6) is 0 Å². The molecule has 0 atom stereocenters. The van der Waals surface area contributed by atoms with Crippen molar-refractivity contribution in [1.29, 1.82) is 0 Å². The summed E-state index contributed by atoms with van der Waals surface area (Å²) < 4.78 is 3.74. The summed E-state index contributed by atoms with van der Waals surface area (Å²) in [7, 11) is 1.72. The number of carbonyl (C=O) groups excluding carboxylic acids is 1. The van der Waals surface area contributed by atoms with Gasteiger partial charge >= 0.3 is 0 Å². The van der Waals surface area contributed by atoms with E-state index in [4.69, 9.17) is 0 Å². The van der Waals surface area contributed by atoms with Gasteiger partial charge in [0.25, 0.3) is 11.5 Å². The van der Waals surface area contributed by atoms with Crippen LogP contribution in [-0.2, 0) is 33.0 Å². The fourth-order valence-corrected chi connectivity index (χ4v) is 7.19. The monoisotopic (exact) mass is 607 g/mol. The molecule has 1 aliphatic carbocycles. The lowest BCUT2D eigenvalue weighted by Gasteiger charge is -2.35. The molecule has 4 aromatic rings. The maximum absolute atomic E-state index is 13.8. The number of aryl methyl sites for hydroxylation is 2. The van der Waals surface area contributed by atoms with Gasteiger partial charge in [0.05, 0.1) is 24.2 Å². The predicted molar refractivity (Wildman–Crippen MR) is 178 cm³/mol. The molecule has 10 nitrogen and oxygen atoms in total. The molecular weight excluding hydrogens is 566 g/mol. The number of aliphatic hydroxyl groups is 1. The number of nitrogens with one attached hydrogen (secondary N) is 1. The summed E-state index contributed by atoms with van der Waals surface area (Å²) in [5.41, 5.74) is 7.51. The Morgan fingerprint density at radius 3 is 2.53 bits per heavy atom. The fraction of sp³-hybridized carbons (Fsp3) is 0.400. The van der Waals surface area contributed by atoms with E-state index in [1.165, 1.54) is 28.7 Å². The van der Waals surface area contributed by atoms with Crippen molar-refractivity contribution in [2.45, 2.75) is 45.8 Å². The summed E-state index contributed by atoms with van der Waals surface area (Å²) in [6.07, 6.45) is 8.01. The number of aromatic nitrogens is 3. The van der Waals surface area contributed by atoms with Gasteiger partial charge in [-0.25, -0.2) is 4.98 Å². The molecule has 234 valence electrons. The minimum Gasteiger partial charge on any atom is -0.392 e. The van der Waals surface area contributed by atoms with E-state index < -0.39 is 0 Å². The number of nitrogens with zero attached hydrogens (tertiary/aromatic N) is 6. The van der Waals surface area contributed by atoms with Crippen LogP contribution < -0.4 is 20.7 Å². The van der Waals surface area contributed by atoms with Crippen molar-refractivity contribution in [1.82, 2.24) is 19.0 Å². The number of likely N-dealkylation sites (N-methyl/N-ethyl adjacent to an activating group) is 1. The lowest BCUT2D eigenvalue weighted by Crippen LogP contribution is -2.46. The molecule has 0 bridgehead atoms. The van der Waals surface area contributed by atoms with E-state index in [-0.39, 0.29) is 18.1 Å². The van der Waals surface area contributed by atoms with Gasteiger partial charge in [0.15, 0.2) is 0 Å². The van der Waals surface area contributed by atoms with Crippen LogP contribution in [-0.4, -0.2) is 69.3 Å². The molecular formula is C35H41N7O3. The molecule has 10 heteroatoms. The van der Waals surface area contributed by atoms with Gasteiger partial charge in [-0.1, -0.05) is 19.1 Å². The maximum Gasteiger partial charge on any atom is 0.274 e. The van der Waals surface area contributed by atoms with Crippen molar-refractivity contribution >= 4 is 28.8 Å². The highest BCUT2D eigenvalue weighted by atomic mass is 16.3. The third kappa shape index (κ3) is 5.42. The molecule has 1 saturated heterocycles. The second kappa shape index (κ2) is 12.2. The first kappa shape index (κ1) is 29.3. The van der Waals surface area contributed by atoms with E-state index in [9.17, 15) is 14.7 Å². The van der Waals surface area contributed by atoms with Crippen molar-refractivity contribution in [3.8, 4) is 11.1 Å². The highest BCUT2D eigenvalue weighted by molar-refractivity contribution is 6.07. The number of rotatable bonds is 7. The van der Waals surface area contributed by atoms with E-state index in [0.717, 1.165) is 74.6 Å². The second-order valence-corrected chi connectivity index (χ2v) is 12.3. The predicted octanol–water partition coefficient (Wildman–Crippen LogP) is 4.17. The van der Waals surface area contributed by atoms with Crippen LogP contribution in [0.4, 0.5) is 22.9 Å². The Kier molecular flexibility index (Phi) is 7.93. The smallest absolute Gasteiger partial charge is 0.274 e. The zero-order valence-corrected chi connectivity index (χ0v) is 26.1. The molecule has 3 aliphatic rings. The molecule has 0 unspecified atom stereocenters.